The molecule has 0 spiro atoms. The Labute approximate surface area is 114 Å². The summed E-state index contributed by atoms with van der Waals surface area (Å²) in [5.41, 5.74) is 2.02. The van der Waals surface area contributed by atoms with Crippen LogP contribution in [-0.2, 0) is 16.0 Å². The summed E-state index contributed by atoms with van der Waals surface area (Å²) < 4.78 is 5.98. The molecule has 0 bridgehead atoms. The third-order valence-corrected chi connectivity index (χ3v) is 3.33. The lowest BCUT2D eigenvalue weighted by molar-refractivity contribution is -0.139. The van der Waals surface area contributed by atoms with Crippen molar-refractivity contribution in [3.05, 3.63) is 45.9 Å². The molecular weight excluding hydrogens is 258 g/mol. The monoisotopic (exact) mass is 271 g/mol. The Morgan fingerprint density at radius 2 is 2.15 bits per heavy atom. The summed E-state index contributed by atoms with van der Waals surface area (Å²) in [6.07, 6.45) is -0.0769. The fourth-order valence-electron chi connectivity index (χ4n) is 2.26. The second-order valence-electron chi connectivity index (χ2n) is 4.55. The number of methoxy groups -OCH3 is 1. The van der Waals surface area contributed by atoms with Crippen molar-refractivity contribution in [2.24, 2.45) is 0 Å². The van der Waals surface area contributed by atoms with Crippen LogP contribution in [0.1, 0.15) is 11.3 Å². The molecule has 1 N–H and O–H groups in total. The first kappa shape index (κ1) is 12.4. The number of benzene rings is 1. The number of aromatic amines is 1. The van der Waals surface area contributed by atoms with E-state index in [4.69, 9.17) is 0 Å². The molecule has 0 amide bonds. The zero-order valence-electron chi connectivity index (χ0n) is 11.1. The largest absolute Gasteiger partial charge is 0.469 e. The maximum atomic E-state index is 12.5. The summed E-state index contributed by atoms with van der Waals surface area (Å²) in [5, 5.41) is 3.87. The molecule has 2 heterocycles. The van der Waals surface area contributed by atoms with E-state index in [0.29, 0.717) is 16.9 Å². The highest BCUT2D eigenvalue weighted by atomic mass is 16.5. The highest BCUT2D eigenvalue weighted by Gasteiger charge is 2.16. The minimum atomic E-state index is -0.455. The van der Waals surface area contributed by atoms with Crippen LogP contribution in [0.3, 0.4) is 0 Å². The van der Waals surface area contributed by atoms with Crippen molar-refractivity contribution >= 4 is 22.5 Å². The molecule has 0 aliphatic rings. The highest BCUT2D eigenvalue weighted by Crippen LogP contribution is 2.17. The van der Waals surface area contributed by atoms with Gasteiger partial charge in [0.15, 0.2) is 5.65 Å². The van der Waals surface area contributed by atoms with Gasteiger partial charge < -0.3 is 4.74 Å². The molecular formula is C14H13N3O3. The quantitative estimate of drug-likeness (QED) is 0.710. The van der Waals surface area contributed by atoms with Crippen LogP contribution in [0, 0.1) is 6.92 Å². The molecule has 0 unspecified atom stereocenters. The van der Waals surface area contributed by atoms with Gasteiger partial charge in [-0.05, 0) is 19.1 Å². The highest BCUT2D eigenvalue weighted by molar-refractivity contribution is 5.92. The van der Waals surface area contributed by atoms with E-state index in [1.54, 1.807) is 6.92 Å². The number of nitrogens with zero attached hydrogens (tertiary/aromatic N) is 2. The van der Waals surface area contributed by atoms with Gasteiger partial charge in [0.25, 0.3) is 5.56 Å². The zero-order chi connectivity index (χ0) is 14.3. The van der Waals surface area contributed by atoms with Gasteiger partial charge in [-0.3, -0.25) is 14.7 Å². The number of aryl methyl sites for hydroxylation is 1. The van der Waals surface area contributed by atoms with Crippen molar-refractivity contribution in [2.75, 3.05) is 7.11 Å². The van der Waals surface area contributed by atoms with Crippen molar-refractivity contribution in [3.63, 3.8) is 0 Å². The van der Waals surface area contributed by atoms with Crippen molar-refractivity contribution in [1.82, 2.24) is 14.6 Å². The van der Waals surface area contributed by atoms with Gasteiger partial charge in [-0.2, -0.15) is 0 Å². The zero-order valence-corrected chi connectivity index (χ0v) is 11.1. The molecule has 6 heteroatoms. The first-order chi connectivity index (χ1) is 9.61. The molecule has 20 heavy (non-hydrogen) atoms. The number of H-pyrrole nitrogens is 1. The number of rotatable bonds is 2. The van der Waals surface area contributed by atoms with E-state index in [1.807, 2.05) is 24.3 Å². The fraction of sp³-hybridized carbons (Fsp3) is 0.214. The summed E-state index contributed by atoms with van der Waals surface area (Å²) in [6.45, 7) is 1.72. The molecule has 0 fully saturated rings. The number of para-hydroxylation sites is 1. The molecule has 3 aromatic rings. The van der Waals surface area contributed by atoms with Crippen LogP contribution in [-0.4, -0.2) is 27.7 Å². The molecule has 0 aliphatic carbocycles. The lowest BCUT2D eigenvalue weighted by Gasteiger charge is -2.04. The molecule has 0 saturated carbocycles. The third-order valence-electron chi connectivity index (χ3n) is 3.33. The lowest BCUT2D eigenvalue weighted by Crippen LogP contribution is -2.24. The van der Waals surface area contributed by atoms with E-state index in [9.17, 15) is 9.59 Å². The van der Waals surface area contributed by atoms with Gasteiger partial charge in [0.05, 0.1) is 24.6 Å². The van der Waals surface area contributed by atoms with Crippen LogP contribution in [0.5, 0.6) is 0 Å². The summed E-state index contributed by atoms with van der Waals surface area (Å²) >= 11 is 0. The molecule has 1 aromatic carbocycles. The van der Waals surface area contributed by atoms with Crippen molar-refractivity contribution < 1.29 is 9.53 Å². The average Bonchev–Trinajstić information content (AvgIpc) is 2.82. The maximum absolute atomic E-state index is 12.5. The predicted molar refractivity (Wildman–Crippen MR) is 73.8 cm³/mol. The number of hydrogen-bond acceptors (Lipinski definition) is 4. The smallest absolute Gasteiger partial charge is 0.310 e. The molecule has 0 atom stereocenters. The number of carbonyl (C=O) groups is 1. The van der Waals surface area contributed by atoms with Crippen LogP contribution in [0.4, 0.5) is 0 Å². The van der Waals surface area contributed by atoms with Crippen molar-refractivity contribution in [2.45, 2.75) is 13.3 Å². The maximum Gasteiger partial charge on any atom is 0.310 e. The normalized spacial score (nSPS) is 11.1. The molecule has 6 nitrogen and oxygen atoms in total. The van der Waals surface area contributed by atoms with Crippen LogP contribution in [0.25, 0.3) is 16.6 Å². The predicted octanol–water partition coefficient (Wildman–Crippen LogP) is 1.20. The third kappa shape index (κ3) is 1.77. The van der Waals surface area contributed by atoms with Gasteiger partial charge in [0.2, 0.25) is 0 Å². The van der Waals surface area contributed by atoms with Gasteiger partial charge >= 0.3 is 5.97 Å². The standard InChI is InChI=1S/C14H13N3O3/c1-8-10(7-12(18)20-2)14(19)17-13(15-8)9-5-3-4-6-11(9)16-17/h3-6,16H,7H2,1-2H3. The molecule has 0 saturated heterocycles. The topological polar surface area (TPSA) is 76.5 Å². The SMILES string of the molecule is COC(=O)Cc1c(C)nc2c3ccccc3[nH]n2c1=O. The number of aromatic nitrogens is 3. The minimum absolute atomic E-state index is 0.0769. The molecule has 0 aliphatic heterocycles. The number of hydrogen-bond donors (Lipinski definition) is 1. The number of nitrogens with one attached hydrogen (secondary N) is 1. The first-order valence-corrected chi connectivity index (χ1v) is 6.17. The van der Waals surface area contributed by atoms with Gasteiger partial charge in [-0.25, -0.2) is 9.50 Å². The van der Waals surface area contributed by atoms with E-state index in [-0.39, 0.29) is 12.0 Å². The number of esters is 1. The molecule has 102 valence electrons. The van der Waals surface area contributed by atoms with Crippen LogP contribution >= 0.6 is 0 Å². The van der Waals surface area contributed by atoms with E-state index < -0.39 is 5.97 Å². The van der Waals surface area contributed by atoms with Gasteiger partial charge in [-0.1, -0.05) is 12.1 Å². The van der Waals surface area contributed by atoms with Gasteiger partial charge in [-0.15, -0.1) is 0 Å². The fourth-order valence-corrected chi connectivity index (χ4v) is 2.26. The summed E-state index contributed by atoms with van der Waals surface area (Å²) in [6, 6.07) is 7.54. The van der Waals surface area contributed by atoms with E-state index in [1.165, 1.54) is 11.6 Å². The van der Waals surface area contributed by atoms with Crippen LogP contribution < -0.4 is 5.56 Å². The Hall–Kier alpha value is -2.63. The van der Waals surface area contributed by atoms with Gasteiger partial charge in [0.1, 0.15) is 0 Å². The molecule has 2 aromatic heterocycles. The summed E-state index contributed by atoms with van der Waals surface area (Å²) in [5.74, 6) is -0.455. The lowest BCUT2D eigenvalue weighted by atomic mass is 10.1. The minimum Gasteiger partial charge on any atom is -0.469 e. The van der Waals surface area contributed by atoms with E-state index in [2.05, 4.69) is 14.8 Å². The number of carbonyl (C=O) groups excluding carboxylic acids is 1. The van der Waals surface area contributed by atoms with E-state index in [0.717, 1.165) is 10.9 Å². The second-order valence-corrected chi connectivity index (χ2v) is 4.55. The van der Waals surface area contributed by atoms with E-state index >= 15 is 0 Å². The number of fused-ring (bicyclic) bond motifs is 3. The Morgan fingerprint density at radius 3 is 2.90 bits per heavy atom. The molecule has 3 rings (SSSR count). The van der Waals surface area contributed by atoms with Crippen LogP contribution in [0.2, 0.25) is 0 Å². The van der Waals surface area contributed by atoms with Crippen molar-refractivity contribution in [3.8, 4) is 0 Å². The van der Waals surface area contributed by atoms with Crippen LogP contribution in [0.15, 0.2) is 29.1 Å². The van der Waals surface area contributed by atoms with Gasteiger partial charge in [0, 0.05) is 11.1 Å². The Morgan fingerprint density at radius 1 is 1.40 bits per heavy atom. The number of ether oxygens (including phenoxy) is 1. The Kier molecular flexibility index (Phi) is 2.78. The Balaban J connectivity index is 2.32. The van der Waals surface area contributed by atoms with Crippen molar-refractivity contribution in [1.29, 1.82) is 0 Å². The Bertz CT molecular complexity index is 876. The second kappa shape index (κ2) is 4.48. The summed E-state index contributed by atoms with van der Waals surface area (Å²) in [7, 11) is 1.30. The first-order valence-electron chi connectivity index (χ1n) is 6.17. The summed E-state index contributed by atoms with van der Waals surface area (Å²) in [4.78, 5) is 28.3. The average molecular weight is 271 g/mol. The molecule has 0 radical (unpaired) electrons.